The van der Waals surface area contributed by atoms with Crippen molar-refractivity contribution in [3.8, 4) is 11.5 Å². The zero-order valence-corrected chi connectivity index (χ0v) is 15.2. The number of carbonyl (C=O) groups is 1. The molecule has 4 nitrogen and oxygen atoms in total. The first-order chi connectivity index (χ1) is 12.9. The van der Waals surface area contributed by atoms with Crippen LogP contribution in [0.25, 0.3) is 0 Å². The monoisotopic (exact) mass is 375 g/mol. The maximum absolute atomic E-state index is 13.1. The molecule has 0 aliphatic heterocycles. The van der Waals surface area contributed by atoms with Crippen LogP contribution in [0.3, 0.4) is 0 Å². The van der Waals surface area contributed by atoms with E-state index in [1.807, 2.05) is 13.0 Å². The zero-order chi connectivity index (χ0) is 19.4. The van der Waals surface area contributed by atoms with Crippen LogP contribution in [0.1, 0.15) is 54.6 Å². The molecule has 2 aromatic carbocycles. The summed E-state index contributed by atoms with van der Waals surface area (Å²) in [7, 11) is 0. The minimum Gasteiger partial charge on any atom is -0.490 e. The Labute approximate surface area is 157 Å². The van der Waals surface area contributed by atoms with Crippen molar-refractivity contribution in [1.29, 1.82) is 0 Å². The van der Waals surface area contributed by atoms with Gasteiger partial charge in [0.25, 0.3) is 0 Å². The van der Waals surface area contributed by atoms with E-state index in [2.05, 4.69) is 0 Å². The number of ether oxygens (including phenoxy) is 2. The summed E-state index contributed by atoms with van der Waals surface area (Å²) >= 11 is 0. The molecule has 0 saturated heterocycles. The SMILES string of the molecule is C[C@@H](N)c1cc(F)cc(OC2CC2)c1.O=Cc1cc(F)cc(OC2CC2)c1. The van der Waals surface area contributed by atoms with Crippen molar-refractivity contribution in [2.45, 2.75) is 50.9 Å². The highest BCUT2D eigenvalue weighted by molar-refractivity contribution is 5.75. The summed E-state index contributed by atoms with van der Waals surface area (Å²) < 4.78 is 36.8. The highest BCUT2D eigenvalue weighted by atomic mass is 19.1. The molecule has 27 heavy (non-hydrogen) atoms. The number of benzene rings is 2. The average Bonchev–Trinajstić information content (AvgIpc) is 3.51. The van der Waals surface area contributed by atoms with E-state index in [1.165, 1.54) is 24.3 Å². The van der Waals surface area contributed by atoms with Gasteiger partial charge in [0.15, 0.2) is 0 Å². The van der Waals surface area contributed by atoms with Crippen molar-refractivity contribution in [3.63, 3.8) is 0 Å². The summed E-state index contributed by atoms with van der Waals surface area (Å²) in [5, 5.41) is 0. The van der Waals surface area contributed by atoms with Gasteiger partial charge in [0.1, 0.15) is 29.4 Å². The molecule has 0 radical (unpaired) electrons. The van der Waals surface area contributed by atoms with Gasteiger partial charge >= 0.3 is 0 Å². The third kappa shape index (κ3) is 6.32. The van der Waals surface area contributed by atoms with Crippen molar-refractivity contribution < 1.29 is 23.0 Å². The van der Waals surface area contributed by atoms with E-state index in [1.54, 1.807) is 6.07 Å². The Balaban J connectivity index is 0.000000156. The Kier molecular flexibility index (Phi) is 6.06. The molecule has 0 unspecified atom stereocenters. The fourth-order valence-electron chi connectivity index (χ4n) is 2.39. The van der Waals surface area contributed by atoms with Gasteiger partial charge in [-0.3, -0.25) is 4.79 Å². The lowest BCUT2D eigenvalue weighted by molar-refractivity contribution is 0.112. The maximum atomic E-state index is 13.1. The van der Waals surface area contributed by atoms with E-state index in [4.69, 9.17) is 15.2 Å². The van der Waals surface area contributed by atoms with Crippen LogP contribution in [-0.2, 0) is 0 Å². The fraction of sp³-hybridized carbons (Fsp3) is 0.381. The average molecular weight is 375 g/mol. The highest BCUT2D eigenvalue weighted by Gasteiger charge is 2.24. The van der Waals surface area contributed by atoms with Gasteiger partial charge in [-0.2, -0.15) is 0 Å². The van der Waals surface area contributed by atoms with Crippen molar-refractivity contribution in [1.82, 2.24) is 0 Å². The second kappa shape index (κ2) is 8.48. The van der Waals surface area contributed by atoms with Gasteiger partial charge in [-0.05, 0) is 62.4 Å². The second-order valence-corrected chi connectivity index (χ2v) is 6.98. The molecule has 0 aromatic heterocycles. The van der Waals surface area contributed by atoms with Crippen LogP contribution in [0, 0.1) is 11.6 Å². The van der Waals surface area contributed by atoms with Crippen molar-refractivity contribution in [2.75, 3.05) is 0 Å². The van der Waals surface area contributed by atoms with E-state index < -0.39 is 5.82 Å². The number of hydrogen-bond acceptors (Lipinski definition) is 4. The lowest BCUT2D eigenvalue weighted by Gasteiger charge is -2.09. The lowest BCUT2D eigenvalue weighted by Crippen LogP contribution is -2.06. The summed E-state index contributed by atoms with van der Waals surface area (Å²) in [6, 6.07) is 8.54. The van der Waals surface area contributed by atoms with Gasteiger partial charge < -0.3 is 15.2 Å². The molecule has 2 fully saturated rings. The molecular formula is C21H23F2NO3. The Morgan fingerprint density at radius 1 is 0.926 bits per heavy atom. The van der Waals surface area contributed by atoms with Crippen molar-refractivity contribution in [3.05, 3.63) is 59.2 Å². The van der Waals surface area contributed by atoms with Gasteiger partial charge in [0.05, 0.1) is 12.2 Å². The fourth-order valence-corrected chi connectivity index (χ4v) is 2.39. The Hall–Kier alpha value is -2.47. The molecule has 2 saturated carbocycles. The molecule has 1 atom stereocenters. The van der Waals surface area contributed by atoms with Crippen LogP contribution in [0.15, 0.2) is 36.4 Å². The summed E-state index contributed by atoms with van der Waals surface area (Å²) in [5.74, 6) is 0.333. The van der Waals surface area contributed by atoms with Gasteiger partial charge in [0.2, 0.25) is 0 Å². The first-order valence-electron chi connectivity index (χ1n) is 9.08. The smallest absolute Gasteiger partial charge is 0.150 e. The van der Waals surface area contributed by atoms with Crippen LogP contribution in [-0.4, -0.2) is 18.5 Å². The van der Waals surface area contributed by atoms with E-state index in [0.29, 0.717) is 23.3 Å². The molecule has 2 aromatic rings. The maximum Gasteiger partial charge on any atom is 0.150 e. The number of aldehydes is 1. The van der Waals surface area contributed by atoms with Crippen molar-refractivity contribution >= 4 is 6.29 Å². The first-order valence-corrected chi connectivity index (χ1v) is 9.08. The predicted molar refractivity (Wildman–Crippen MR) is 98.1 cm³/mol. The topological polar surface area (TPSA) is 61.5 Å². The van der Waals surface area contributed by atoms with Gasteiger partial charge in [-0.1, -0.05) is 0 Å². The van der Waals surface area contributed by atoms with E-state index in [9.17, 15) is 13.6 Å². The minimum absolute atomic E-state index is 0.160. The number of hydrogen-bond donors (Lipinski definition) is 1. The lowest BCUT2D eigenvalue weighted by atomic mass is 10.1. The first kappa shape index (κ1) is 19.3. The molecule has 2 N–H and O–H groups in total. The van der Waals surface area contributed by atoms with Crippen LogP contribution in [0.4, 0.5) is 8.78 Å². The highest BCUT2D eigenvalue weighted by Crippen LogP contribution is 2.29. The molecule has 144 valence electrons. The van der Waals surface area contributed by atoms with Gasteiger partial charge in [0, 0.05) is 23.7 Å². The molecule has 2 aliphatic carbocycles. The summed E-state index contributed by atoms with van der Waals surface area (Å²) in [4.78, 5) is 10.4. The van der Waals surface area contributed by atoms with Crippen LogP contribution in [0.2, 0.25) is 0 Å². The molecule has 2 aliphatic rings. The summed E-state index contributed by atoms with van der Waals surface area (Å²) in [5.41, 5.74) is 6.77. The van der Waals surface area contributed by atoms with Crippen LogP contribution in [0.5, 0.6) is 11.5 Å². The van der Waals surface area contributed by atoms with Crippen molar-refractivity contribution in [2.24, 2.45) is 5.73 Å². The summed E-state index contributed by atoms with van der Waals surface area (Å²) in [6.45, 7) is 1.83. The molecule has 6 heteroatoms. The van der Waals surface area contributed by atoms with Gasteiger partial charge in [-0.25, -0.2) is 8.78 Å². The molecule has 0 bridgehead atoms. The molecule has 4 rings (SSSR count). The van der Waals surface area contributed by atoms with Gasteiger partial charge in [-0.15, -0.1) is 0 Å². The normalized spacial score (nSPS) is 16.7. The number of rotatable bonds is 6. The third-order valence-electron chi connectivity index (χ3n) is 4.10. The second-order valence-electron chi connectivity index (χ2n) is 6.98. The van der Waals surface area contributed by atoms with Crippen LogP contribution < -0.4 is 15.2 Å². The van der Waals surface area contributed by atoms with E-state index in [0.717, 1.165) is 31.2 Å². The van der Waals surface area contributed by atoms with Crippen LogP contribution >= 0.6 is 0 Å². The Morgan fingerprint density at radius 2 is 1.44 bits per heavy atom. The number of nitrogens with two attached hydrogens (primary N) is 1. The Bertz CT molecular complexity index is 802. The third-order valence-corrected chi connectivity index (χ3v) is 4.10. The standard InChI is InChI=1S/C11H14FNO.C10H9FO2/c1-7(13)8-4-9(12)6-11(5-8)14-10-2-3-10;11-8-3-7(6-12)4-10(5-8)13-9-1-2-9/h4-7,10H,2-3,13H2,1H3;3-6,9H,1-2H2/t7-;/m1./s1. The minimum atomic E-state index is -0.430. The molecule has 0 heterocycles. The molecule has 0 amide bonds. The molecular weight excluding hydrogens is 352 g/mol. The zero-order valence-electron chi connectivity index (χ0n) is 15.2. The summed E-state index contributed by atoms with van der Waals surface area (Å²) in [6.07, 6.45) is 5.32. The van der Waals surface area contributed by atoms with E-state index >= 15 is 0 Å². The predicted octanol–water partition coefficient (Wildman–Crippen LogP) is 4.57. The Morgan fingerprint density at radius 3 is 1.93 bits per heavy atom. The molecule has 0 spiro atoms. The number of halogens is 2. The quantitative estimate of drug-likeness (QED) is 0.752. The van der Waals surface area contributed by atoms with E-state index in [-0.39, 0.29) is 24.1 Å². The number of carbonyl (C=O) groups excluding carboxylic acids is 1. The largest absolute Gasteiger partial charge is 0.490 e.